The molecule has 0 N–H and O–H groups in total. The summed E-state index contributed by atoms with van der Waals surface area (Å²) < 4.78 is 5.57. The van der Waals surface area contributed by atoms with Crippen molar-refractivity contribution in [3.05, 3.63) is 39.5 Å². The lowest BCUT2D eigenvalue weighted by atomic mass is 10.2. The van der Waals surface area contributed by atoms with Gasteiger partial charge in [-0.05, 0) is 19.9 Å². The highest BCUT2D eigenvalue weighted by Crippen LogP contribution is 2.15. The van der Waals surface area contributed by atoms with E-state index in [4.69, 9.17) is 10.00 Å². The van der Waals surface area contributed by atoms with Crippen molar-refractivity contribution in [2.75, 3.05) is 6.61 Å². The number of nitriles is 1. The molecule has 2 rings (SSSR count). The molecule has 0 spiro atoms. The quantitative estimate of drug-likeness (QED) is 0.847. The van der Waals surface area contributed by atoms with Gasteiger partial charge in [-0.1, -0.05) is 0 Å². The Morgan fingerprint density at radius 1 is 1.39 bits per heavy atom. The molecule has 0 bridgehead atoms. The highest BCUT2D eigenvalue weighted by atomic mass is 32.1. The summed E-state index contributed by atoms with van der Waals surface area (Å²) in [5.74, 6) is 0.508. The summed E-state index contributed by atoms with van der Waals surface area (Å²) in [6, 6.07) is 5.49. The van der Waals surface area contributed by atoms with Crippen LogP contribution in [0.5, 0.6) is 5.88 Å². The van der Waals surface area contributed by atoms with E-state index < -0.39 is 0 Å². The first-order valence-corrected chi connectivity index (χ1v) is 6.47. The van der Waals surface area contributed by atoms with Crippen LogP contribution in [0.15, 0.2) is 17.6 Å². The van der Waals surface area contributed by atoms with E-state index >= 15 is 0 Å². The van der Waals surface area contributed by atoms with E-state index in [1.807, 2.05) is 19.4 Å². The molecule has 0 aliphatic carbocycles. The van der Waals surface area contributed by atoms with Crippen molar-refractivity contribution in [1.82, 2.24) is 9.97 Å². The van der Waals surface area contributed by atoms with Crippen LogP contribution in [-0.4, -0.2) is 16.6 Å². The Hall–Kier alpha value is -1.93. The Morgan fingerprint density at radius 3 is 2.89 bits per heavy atom. The number of pyridine rings is 1. The third-order valence-corrected chi connectivity index (χ3v) is 3.48. The molecule has 4 nitrogen and oxygen atoms in total. The van der Waals surface area contributed by atoms with Gasteiger partial charge in [0, 0.05) is 23.1 Å². The second-order valence-corrected chi connectivity index (χ2v) is 4.85. The molecule has 0 unspecified atom stereocenters. The maximum Gasteiger partial charge on any atom is 0.214 e. The zero-order valence-corrected chi connectivity index (χ0v) is 11.1. The molecular weight excluding hydrogens is 246 g/mol. The second-order valence-electron chi connectivity index (χ2n) is 3.91. The van der Waals surface area contributed by atoms with E-state index in [0.29, 0.717) is 18.1 Å². The molecule has 5 heteroatoms. The summed E-state index contributed by atoms with van der Waals surface area (Å²) >= 11 is 1.63. The number of aryl methyl sites for hydroxylation is 2. The van der Waals surface area contributed by atoms with Gasteiger partial charge in [-0.15, -0.1) is 11.3 Å². The summed E-state index contributed by atoms with van der Waals surface area (Å²) in [5.41, 5.74) is 4.26. The second kappa shape index (κ2) is 5.61. The lowest BCUT2D eigenvalue weighted by molar-refractivity contribution is 0.309. The van der Waals surface area contributed by atoms with Gasteiger partial charge < -0.3 is 4.74 Å². The molecular formula is C13H13N3OS. The van der Waals surface area contributed by atoms with Crippen molar-refractivity contribution >= 4 is 11.3 Å². The molecule has 0 amide bonds. The molecule has 0 atom stereocenters. The summed E-state index contributed by atoms with van der Waals surface area (Å²) in [5, 5.41) is 8.86. The highest BCUT2D eigenvalue weighted by Gasteiger charge is 2.04. The minimum Gasteiger partial charge on any atom is -0.477 e. The number of nitrogens with zero attached hydrogens (tertiary/aromatic N) is 3. The largest absolute Gasteiger partial charge is 0.477 e. The Labute approximate surface area is 110 Å². The van der Waals surface area contributed by atoms with Crippen LogP contribution in [0.25, 0.3) is 0 Å². The molecule has 2 aromatic heterocycles. The van der Waals surface area contributed by atoms with Crippen LogP contribution in [0.2, 0.25) is 0 Å². The van der Waals surface area contributed by atoms with Crippen LogP contribution in [0.4, 0.5) is 0 Å². The van der Waals surface area contributed by atoms with Crippen molar-refractivity contribution in [3.63, 3.8) is 0 Å². The lowest BCUT2D eigenvalue weighted by Crippen LogP contribution is -2.03. The number of hydrogen-bond donors (Lipinski definition) is 0. The first-order valence-electron chi connectivity index (χ1n) is 5.59. The van der Waals surface area contributed by atoms with Gasteiger partial charge in [-0.25, -0.2) is 9.97 Å². The van der Waals surface area contributed by atoms with Gasteiger partial charge >= 0.3 is 0 Å². The predicted molar refractivity (Wildman–Crippen MR) is 69.7 cm³/mol. The van der Waals surface area contributed by atoms with E-state index in [1.54, 1.807) is 23.5 Å². The number of ether oxygens (including phenoxy) is 1. The topological polar surface area (TPSA) is 58.8 Å². The van der Waals surface area contributed by atoms with Gasteiger partial charge in [-0.3, -0.25) is 0 Å². The van der Waals surface area contributed by atoms with E-state index in [2.05, 4.69) is 16.0 Å². The molecule has 2 aromatic rings. The monoisotopic (exact) mass is 259 g/mol. The first-order chi connectivity index (χ1) is 8.69. The Morgan fingerprint density at radius 2 is 2.22 bits per heavy atom. The van der Waals surface area contributed by atoms with E-state index in [0.717, 1.165) is 17.8 Å². The average Bonchev–Trinajstić information content (AvgIpc) is 2.74. The van der Waals surface area contributed by atoms with Crippen LogP contribution in [0, 0.1) is 25.2 Å². The third kappa shape index (κ3) is 3.05. The fourth-order valence-electron chi connectivity index (χ4n) is 1.59. The summed E-state index contributed by atoms with van der Waals surface area (Å²) in [6.07, 6.45) is 0.814. The Kier molecular flexibility index (Phi) is 3.90. The van der Waals surface area contributed by atoms with E-state index in [-0.39, 0.29) is 0 Å². The maximum atomic E-state index is 8.86. The zero-order valence-electron chi connectivity index (χ0n) is 10.3. The number of rotatable bonds is 4. The third-order valence-electron chi connectivity index (χ3n) is 2.48. The van der Waals surface area contributed by atoms with Gasteiger partial charge in [0.1, 0.15) is 0 Å². The zero-order chi connectivity index (χ0) is 13.0. The minimum atomic E-state index is 0.508. The lowest BCUT2D eigenvalue weighted by Gasteiger charge is -2.05. The standard InChI is InChI=1S/C13H13N3OS/c1-9-5-11(7-14)6-13(16-9)17-4-3-12-10(2)15-8-18-12/h5-6,8H,3-4H2,1-2H3. The number of aromatic nitrogens is 2. The summed E-state index contributed by atoms with van der Waals surface area (Å²) in [6.45, 7) is 4.38. The van der Waals surface area contributed by atoms with Crippen LogP contribution < -0.4 is 4.74 Å². The SMILES string of the molecule is Cc1cc(C#N)cc(OCCc2scnc2C)n1. The molecule has 2 heterocycles. The van der Waals surface area contributed by atoms with Crippen LogP contribution in [0.1, 0.15) is 21.8 Å². The van der Waals surface area contributed by atoms with E-state index in [9.17, 15) is 0 Å². The van der Waals surface area contributed by atoms with Gasteiger partial charge in [0.2, 0.25) is 5.88 Å². The number of thiazole rings is 1. The van der Waals surface area contributed by atoms with Gasteiger partial charge in [-0.2, -0.15) is 5.26 Å². The van der Waals surface area contributed by atoms with Crippen molar-refractivity contribution in [2.45, 2.75) is 20.3 Å². The van der Waals surface area contributed by atoms with Crippen molar-refractivity contribution in [3.8, 4) is 11.9 Å². The van der Waals surface area contributed by atoms with Crippen LogP contribution in [-0.2, 0) is 6.42 Å². The van der Waals surface area contributed by atoms with Crippen LogP contribution >= 0.6 is 11.3 Å². The van der Waals surface area contributed by atoms with Gasteiger partial charge in [0.05, 0.1) is 29.4 Å². The highest BCUT2D eigenvalue weighted by molar-refractivity contribution is 7.09. The molecule has 0 aliphatic rings. The first kappa shape index (κ1) is 12.5. The average molecular weight is 259 g/mol. The molecule has 92 valence electrons. The smallest absolute Gasteiger partial charge is 0.214 e. The van der Waals surface area contributed by atoms with Crippen molar-refractivity contribution in [2.24, 2.45) is 0 Å². The minimum absolute atomic E-state index is 0.508. The molecule has 18 heavy (non-hydrogen) atoms. The number of hydrogen-bond acceptors (Lipinski definition) is 5. The van der Waals surface area contributed by atoms with Gasteiger partial charge in [0.15, 0.2) is 0 Å². The van der Waals surface area contributed by atoms with Crippen molar-refractivity contribution < 1.29 is 4.74 Å². The van der Waals surface area contributed by atoms with Crippen LogP contribution in [0.3, 0.4) is 0 Å². The summed E-state index contributed by atoms with van der Waals surface area (Å²) in [4.78, 5) is 9.65. The van der Waals surface area contributed by atoms with E-state index in [1.165, 1.54) is 4.88 Å². The molecule has 0 fully saturated rings. The van der Waals surface area contributed by atoms with Crippen molar-refractivity contribution in [1.29, 1.82) is 5.26 Å². The predicted octanol–water partition coefficient (Wildman–Crippen LogP) is 2.65. The molecule has 0 saturated heterocycles. The molecule has 0 saturated carbocycles. The molecule has 0 aliphatic heterocycles. The Balaban J connectivity index is 1.97. The summed E-state index contributed by atoms with van der Waals surface area (Å²) in [7, 11) is 0. The Bertz CT molecular complexity index is 586. The molecule has 0 aromatic carbocycles. The van der Waals surface area contributed by atoms with Gasteiger partial charge in [0.25, 0.3) is 0 Å². The maximum absolute atomic E-state index is 8.86. The normalized spacial score (nSPS) is 10.1. The molecule has 0 radical (unpaired) electrons. The fraction of sp³-hybridized carbons (Fsp3) is 0.308. The fourth-order valence-corrected chi connectivity index (χ4v) is 2.35.